The van der Waals surface area contributed by atoms with E-state index in [1.54, 1.807) is 0 Å². The van der Waals surface area contributed by atoms with Crippen molar-refractivity contribution in [2.45, 2.75) is 37.6 Å². The molecule has 3 rings (SSSR count). The maximum Gasteiger partial charge on any atom is 0.344 e. The lowest BCUT2D eigenvalue weighted by Gasteiger charge is -2.20. The highest BCUT2D eigenvalue weighted by Crippen LogP contribution is 2.34. The topological polar surface area (TPSA) is 78.5 Å². The van der Waals surface area contributed by atoms with Crippen molar-refractivity contribution in [3.63, 3.8) is 0 Å². The highest BCUT2D eigenvalue weighted by molar-refractivity contribution is 9.10. The van der Waals surface area contributed by atoms with Crippen LogP contribution in [0.2, 0.25) is 0 Å². The average Bonchev–Trinajstić information content (AvgIpc) is 3.03. The van der Waals surface area contributed by atoms with Gasteiger partial charge in [-0.1, -0.05) is 40.9 Å². The second-order valence-electron chi connectivity index (χ2n) is 5.70. The number of carbonyl (C=O) groups excluding carboxylic acids is 3. The summed E-state index contributed by atoms with van der Waals surface area (Å²) in [6.07, 6.45) is 3.20. The second-order valence-corrected chi connectivity index (χ2v) is 6.61. The van der Waals surface area contributed by atoms with Crippen LogP contribution in [0.3, 0.4) is 0 Å². The van der Waals surface area contributed by atoms with Gasteiger partial charge in [-0.15, -0.1) is 0 Å². The molecule has 0 bridgehead atoms. The SMILES string of the molecule is O=C(Cc1ccc(Br)cc1)NN1C(=O)NC2(CCCC2)C1=O. The molecule has 1 saturated heterocycles. The first-order valence-corrected chi connectivity index (χ1v) is 8.00. The average molecular weight is 366 g/mol. The number of urea groups is 1. The predicted molar refractivity (Wildman–Crippen MR) is 82.6 cm³/mol. The van der Waals surface area contributed by atoms with Gasteiger partial charge in [0.1, 0.15) is 5.54 Å². The van der Waals surface area contributed by atoms with Crippen molar-refractivity contribution < 1.29 is 14.4 Å². The Morgan fingerprint density at radius 2 is 1.86 bits per heavy atom. The zero-order chi connectivity index (χ0) is 15.7. The highest BCUT2D eigenvalue weighted by Gasteiger charge is 2.53. The molecule has 1 saturated carbocycles. The van der Waals surface area contributed by atoms with E-state index in [0.29, 0.717) is 12.8 Å². The monoisotopic (exact) mass is 365 g/mol. The maximum atomic E-state index is 12.4. The van der Waals surface area contributed by atoms with Crippen molar-refractivity contribution in [3.8, 4) is 0 Å². The molecule has 0 radical (unpaired) electrons. The van der Waals surface area contributed by atoms with Crippen LogP contribution in [0.5, 0.6) is 0 Å². The summed E-state index contributed by atoms with van der Waals surface area (Å²) < 4.78 is 0.925. The van der Waals surface area contributed by atoms with Crippen molar-refractivity contribution in [1.82, 2.24) is 15.8 Å². The van der Waals surface area contributed by atoms with Crippen LogP contribution in [0.25, 0.3) is 0 Å². The van der Waals surface area contributed by atoms with Crippen LogP contribution in [-0.2, 0) is 16.0 Å². The number of rotatable bonds is 3. The van der Waals surface area contributed by atoms with Gasteiger partial charge in [0, 0.05) is 4.47 Å². The molecule has 7 heteroatoms. The Hall–Kier alpha value is -1.89. The van der Waals surface area contributed by atoms with Crippen LogP contribution >= 0.6 is 15.9 Å². The van der Waals surface area contributed by atoms with Crippen molar-refractivity contribution in [3.05, 3.63) is 34.3 Å². The number of nitrogens with zero attached hydrogens (tertiary/aromatic N) is 1. The fourth-order valence-electron chi connectivity index (χ4n) is 2.99. The highest BCUT2D eigenvalue weighted by atomic mass is 79.9. The summed E-state index contributed by atoms with van der Waals surface area (Å²) in [6, 6.07) is 6.76. The molecule has 1 aromatic carbocycles. The number of hydrogen-bond acceptors (Lipinski definition) is 3. The van der Waals surface area contributed by atoms with Gasteiger partial charge < -0.3 is 5.32 Å². The van der Waals surface area contributed by atoms with E-state index in [2.05, 4.69) is 26.7 Å². The molecule has 1 aromatic rings. The van der Waals surface area contributed by atoms with E-state index in [-0.39, 0.29) is 18.2 Å². The zero-order valence-corrected chi connectivity index (χ0v) is 13.5. The summed E-state index contributed by atoms with van der Waals surface area (Å²) in [4.78, 5) is 36.4. The first kappa shape index (κ1) is 15.0. The summed E-state index contributed by atoms with van der Waals surface area (Å²) in [5.41, 5.74) is 2.42. The molecule has 1 aliphatic carbocycles. The summed E-state index contributed by atoms with van der Waals surface area (Å²) >= 11 is 3.33. The Bertz CT molecular complexity index is 623. The summed E-state index contributed by atoms with van der Waals surface area (Å²) in [6.45, 7) is 0. The minimum Gasteiger partial charge on any atom is -0.322 e. The third kappa shape index (κ3) is 2.72. The molecule has 1 aliphatic heterocycles. The molecule has 6 nitrogen and oxygen atoms in total. The number of amides is 4. The van der Waals surface area contributed by atoms with Crippen LogP contribution in [0.4, 0.5) is 4.79 Å². The molecule has 1 spiro atoms. The molecule has 2 N–H and O–H groups in total. The minimum atomic E-state index is -0.804. The van der Waals surface area contributed by atoms with E-state index < -0.39 is 11.6 Å². The lowest BCUT2D eigenvalue weighted by molar-refractivity contribution is -0.138. The first-order valence-electron chi connectivity index (χ1n) is 7.21. The van der Waals surface area contributed by atoms with Crippen LogP contribution in [0.1, 0.15) is 31.2 Å². The smallest absolute Gasteiger partial charge is 0.322 e. The maximum absolute atomic E-state index is 12.4. The molecule has 116 valence electrons. The normalized spacial score (nSPS) is 19.6. The minimum absolute atomic E-state index is 0.108. The number of halogens is 1. The third-order valence-corrected chi connectivity index (χ3v) is 4.66. The summed E-state index contributed by atoms with van der Waals surface area (Å²) in [7, 11) is 0. The lowest BCUT2D eigenvalue weighted by Crippen LogP contribution is -2.49. The second kappa shape index (κ2) is 5.72. The van der Waals surface area contributed by atoms with E-state index in [1.807, 2.05) is 24.3 Å². The number of carbonyl (C=O) groups is 3. The Morgan fingerprint density at radius 3 is 2.50 bits per heavy atom. The van der Waals surface area contributed by atoms with E-state index in [9.17, 15) is 14.4 Å². The molecular weight excluding hydrogens is 350 g/mol. The fourth-order valence-corrected chi connectivity index (χ4v) is 3.26. The van der Waals surface area contributed by atoms with Gasteiger partial charge in [0.2, 0.25) is 5.91 Å². The molecule has 2 aliphatic rings. The molecule has 0 unspecified atom stereocenters. The van der Waals surface area contributed by atoms with Gasteiger partial charge in [-0.2, -0.15) is 5.01 Å². The van der Waals surface area contributed by atoms with Gasteiger partial charge in [-0.25, -0.2) is 4.79 Å². The van der Waals surface area contributed by atoms with Crippen LogP contribution in [-0.4, -0.2) is 28.4 Å². The van der Waals surface area contributed by atoms with Crippen molar-refractivity contribution in [1.29, 1.82) is 0 Å². The van der Waals surface area contributed by atoms with Gasteiger partial charge in [0.05, 0.1) is 6.42 Å². The van der Waals surface area contributed by atoms with Crippen LogP contribution in [0.15, 0.2) is 28.7 Å². The molecular formula is C15H16BrN3O3. The quantitative estimate of drug-likeness (QED) is 0.802. The molecule has 0 atom stereocenters. The zero-order valence-electron chi connectivity index (χ0n) is 11.9. The lowest BCUT2D eigenvalue weighted by atomic mass is 9.98. The number of benzene rings is 1. The summed E-state index contributed by atoms with van der Waals surface area (Å²) in [5.74, 6) is -0.736. The van der Waals surface area contributed by atoms with E-state index in [1.165, 1.54) is 0 Å². The van der Waals surface area contributed by atoms with Gasteiger partial charge in [0.15, 0.2) is 0 Å². The Kier molecular flexibility index (Phi) is 3.90. The van der Waals surface area contributed by atoms with Gasteiger partial charge in [-0.05, 0) is 30.5 Å². The molecule has 4 amide bonds. The van der Waals surface area contributed by atoms with E-state index >= 15 is 0 Å². The predicted octanol–water partition coefficient (Wildman–Crippen LogP) is 1.89. The van der Waals surface area contributed by atoms with E-state index in [0.717, 1.165) is 27.9 Å². The van der Waals surface area contributed by atoms with Gasteiger partial charge in [-0.3, -0.25) is 15.0 Å². The van der Waals surface area contributed by atoms with Crippen LogP contribution in [0, 0.1) is 0 Å². The first-order chi connectivity index (χ1) is 10.5. The molecule has 0 aromatic heterocycles. The third-order valence-electron chi connectivity index (χ3n) is 4.13. The number of imide groups is 1. The molecule has 1 heterocycles. The Morgan fingerprint density at radius 1 is 1.23 bits per heavy atom. The standard InChI is InChI=1S/C15H16BrN3O3/c16-11-5-3-10(4-6-11)9-12(20)18-19-13(21)15(17-14(19)22)7-1-2-8-15/h3-6H,1-2,7-9H2,(H,17,22)(H,18,20). The van der Waals surface area contributed by atoms with Gasteiger partial charge >= 0.3 is 6.03 Å². The number of hydrogen-bond donors (Lipinski definition) is 2. The summed E-state index contributed by atoms with van der Waals surface area (Å²) in [5, 5.41) is 3.55. The number of nitrogens with one attached hydrogen (secondary N) is 2. The molecule has 22 heavy (non-hydrogen) atoms. The largest absolute Gasteiger partial charge is 0.344 e. The van der Waals surface area contributed by atoms with Gasteiger partial charge in [0.25, 0.3) is 5.91 Å². The van der Waals surface area contributed by atoms with Crippen molar-refractivity contribution in [2.75, 3.05) is 0 Å². The number of hydrazine groups is 1. The Labute approximate surface area is 136 Å². The fraction of sp³-hybridized carbons (Fsp3) is 0.400. The Balaban J connectivity index is 1.65. The van der Waals surface area contributed by atoms with Crippen LogP contribution < -0.4 is 10.7 Å². The van der Waals surface area contributed by atoms with E-state index in [4.69, 9.17) is 0 Å². The van der Waals surface area contributed by atoms with Crippen molar-refractivity contribution >= 4 is 33.8 Å². The molecule has 2 fully saturated rings. The van der Waals surface area contributed by atoms with Crippen molar-refractivity contribution in [2.24, 2.45) is 0 Å².